The Hall–Kier alpha value is -1.17. The molecule has 1 aromatic carbocycles. The van der Waals surface area contributed by atoms with Crippen molar-refractivity contribution in [2.75, 3.05) is 13.1 Å². The molecule has 0 aliphatic rings. The van der Waals surface area contributed by atoms with E-state index in [1.807, 2.05) is 31.2 Å². The smallest absolute Gasteiger partial charge is 0.218 e. The molecule has 0 aliphatic heterocycles. The van der Waals surface area contributed by atoms with Gasteiger partial charge in [-0.1, -0.05) is 51.1 Å². The summed E-state index contributed by atoms with van der Waals surface area (Å²) in [5, 5.41) is 3.33. The van der Waals surface area contributed by atoms with Gasteiger partial charge in [0.05, 0.1) is 5.75 Å². The first-order valence-electron chi connectivity index (χ1n) is 7.29. The van der Waals surface area contributed by atoms with Gasteiger partial charge in [0.1, 0.15) is 0 Å². The van der Waals surface area contributed by atoms with Gasteiger partial charge in [0.25, 0.3) is 0 Å². The van der Waals surface area contributed by atoms with Crippen LogP contribution in [0.3, 0.4) is 0 Å². The van der Waals surface area contributed by atoms with Gasteiger partial charge in [-0.15, -0.1) is 6.58 Å². The molecule has 1 aromatic rings. The summed E-state index contributed by atoms with van der Waals surface area (Å²) in [4.78, 5) is 0. The van der Waals surface area contributed by atoms with Gasteiger partial charge >= 0.3 is 0 Å². The average Bonchev–Trinajstić information content (AvgIpc) is 2.42. The summed E-state index contributed by atoms with van der Waals surface area (Å²) in [5.41, 5.74) is 1.92. The van der Waals surface area contributed by atoms with Crippen LogP contribution in [-0.4, -0.2) is 31.9 Å². The van der Waals surface area contributed by atoms with Gasteiger partial charge in [-0.3, -0.25) is 0 Å². The molecule has 0 aliphatic carbocycles. The SMILES string of the molecule is C=CCN(CC)S(=O)(=O)Cc1cccc(CNC(C)C)c1. The van der Waals surface area contributed by atoms with Gasteiger partial charge in [0.15, 0.2) is 0 Å². The summed E-state index contributed by atoms with van der Waals surface area (Å²) < 4.78 is 26.2. The van der Waals surface area contributed by atoms with Crippen LogP contribution >= 0.6 is 0 Å². The molecule has 1 N–H and O–H groups in total. The first-order valence-corrected chi connectivity index (χ1v) is 8.90. The van der Waals surface area contributed by atoms with Gasteiger partial charge in [0.2, 0.25) is 10.0 Å². The Morgan fingerprint density at radius 3 is 2.57 bits per heavy atom. The van der Waals surface area contributed by atoms with Crippen LogP contribution in [0.4, 0.5) is 0 Å². The number of sulfonamides is 1. The normalized spacial score (nSPS) is 12.0. The Kier molecular flexibility index (Phi) is 7.08. The molecule has 118 valence electrons. The van der Waals surface area contributed by atoms with E-state index in [4.69, 9.17) is 0 Å². The summed E-state index contributed by atoms with van der Waals surface area (Å²) in [6, 6.07) is 8.13. The van der Waals surface area contributed by atoms with Gasteiger partial charge in [-0.05, 0) is 11.1 Å². The van der Waals surface area contributed by atoms with E-state index in [-0.39, 0.29) is 5.75 Å². The van der Waals surface area contributed by atoms with E-state index in [2.05, 4.69) is 25.7 Å². The van der Waals surface area contributed by atoms with E-state index in [9.17, 15) is 8.42 Å². The maximum Gasteiger partial charge on any atom is 0.218 e. The van der Waals surface area contributed by atoms with Crippen molar-refractivity contribution >= 4 is 10.0 Å². The van der Waals surface area contributed by atoms with Crippen molar-refractivity contribution < 1.29 is 8.42 Å². The third-order valence-corrected chi connectivity index (χ3v) is 5.03. The first-order chi connectivity index (χ1) is 9.89. The standard InChI is InChI=1S/C16H26N2O2S/c1-5-10-18(6-2)21(19,20)13-16-9-7-8-15(11-16)12-17-14(3)4/h5,7-9,11,14,17H,1,6,10,12-13H2,2-4H3. The highest BCUT2D eigenvalue weighted by Crippen LogP contribution is 2.13. The van der Waals surface area contributed by atoms with E-state index in [1.54, 1.807) is 6.08 Å². The van der Waals surface area contributed by atoms with E-state index in [0.29, 0.717) is 19.1 Å². The van der Waals surface area contributed by atoms with Crippen LogP contribution in [0, 0.1) is 0 Å². The number of nitrogens with one attached hydrogen (secondary N) is 1. The molecule has 0 aromatic heterocycles. The lowest BCUT2D eigenvalue weighted by atomic mass is 10.1. The van der Waals surface area contributed by atoms with Gasteiger partial charge in [0, 0.05) is 25.7 Å². The highest BCUT2D eigenvalue weighted by molar-refractivity contribution is 7.88. The molecule has 0 unspecified atom stereocenters. The molecule has 1 rings (SSSR count). The molecular weight excluding hydrogens is 284 g/mol. The van der Waals surface area contributed by atoms with Crippen molar-refractivity contribution in [2.45, 2.75) is 39.1 Å². The average molecular weight is 310 g/mol. The topological polar surface area (TPSA) is 49.4 Å². The maximum absolute atomic E-state index is 12.4. The molecule has 0 saturated heterocycles. The molecule has 0 heterocycles. The van der Waals surface area contributed by atoms with Gasteiger partial charge < -0.3 is 5.32 Å². The Morgan fingerprint density at radius 1 is 1.33 bits per heavy atom. The highest BCUT2D eigenvalue weighted by atomic mass is 32.2. The number of rotatable bonds is 9. The third-order valence-electron chi connectivity index (χ3n) is 3.13. The zero-order valence-electron chi connectivity index (χ0n) is 13.2. The lowest BCUT2D eigenvalue weighted by Crippen LogP contribution is -2.32. The number of likely N-dealkylation sites (N-methyl/N-ethyl adjacent to an activating group) is 1. The van der Waals surface area contributed by atoms with Crippen molar-refractivity contribution in [3.63, 3.8) is 0 Å². The fourth-order valence-electron chi connectivity index (χ4n) is 2.04. The predicted molar refractivity (Wildman–Crippen MR) is 88.5 cm³/mol. The molecule has 0 saturated carbocycles. The molecule has 0 radical (unpaired) electrons. The second-order valence-corrected chi connectivity index (χ2v) is 7.32. The quantitative estimate of drug-likeness (QED) is 0.713. The van der Waals surface area contributed by atoms with Crippen LogP contribution in [0.5, 0.6) is 0 Å². The van der Waals surface area contributed by atoms with Crippen LogP contribution in [0.25, 0.3) is 0 Å². The van der Waals surface area contributed by atoms with Crippen molar-refractivity contribution in [3.05, 3.63) is 48.0 Å². The lowest BCUT2D eigenvalue weighted by molar-refractivity contribution is 0.459. The van der Waals surface area contributed by atoms with Crippen LogP contribution in [0.15, 0.2) is 36.9 Å². The first kappa shape index (κ1) is 17.9. The minimum atomic E-state index is -3.29. The van der Waals surface area contributed by atoms with Crippen LogP contribution in [-0.2, 0) is 22.3 Å². The molecule has 0 spiro atoms. The Labute approximate surface area is 128 Å². The number of hydrogen-bond donors (Lipinski definition) is 1. The summed E-state index contributed by atoms with van der Waals surface area (Å²) in [7, 11) is -3.29. The second kappa shape index (κ2) is 8.32. The molecular formula is C16H26N2O2S. The highest BCUT2D eigenvalue weighted by Gasteiger charge is 2.19. The number of hydrogen-bond acceptors (Lipinski definition) is 3. The minimum Gasteiger partial charge on any atom is -0.310 e. The fourth-order valence-corrected chi connectivity index (χ4v) is 3.55. The van der Waals surface area contributed by atoms with Crippen LogP contribution < -0.4 is 5.32 Å². The second-order valence-electron chi connectivity index (χ2n) is 5.35. The minimum absolute atomic E-state index is 0.0319. The Balaban J connectivity index is 2.82. The zero-order valence-corrected chi connectivity index (χ0v) is 14.0. The van der Waals surface area contributed by atoms with E-state index < -0.39 is 10.0 Å². The van der Waals surface area contributed by atoms with Crippen molar-refractivity contribution in [2.24, 2.45) is 0 Å². The Bertz CT molecular complexity index is 553. The molecule has 0 bridgehead atoms. The van der Waals surface area contributed by atoms with Crippen LogP contribution in [0.1, 0.15) is 31.9 Å². The predicted octanol–water partition coefficient (Wildman–Crippen LogP) is 2.52. The monoisotopic (exact) mass is 310 g/mol. The lowest BCUT2D eigenvalue weighted by Gasteiger charge is -2.19. The zero-order chi connectivity index (χ0) is 15.9. The fraction of sp³-hybridized carbons (Fsp3) is 0.500. The molecule has 5 heteroatoms. The van der Waals surface area contributed by atoms with E-state index in [1.165, 1.54) is 4.31 Å². The number of nitrogens with zero attached hydrogens (tertiary/aromatic N) is 1. The number of benzene rings is 1. The van der Waals surface area contributed by atoms with E-state index >= 15 is 0 Å². The summed E-state index contributed by atoms with van der Waals surface area (Å²) in [5.74, 6) is 0.0319. The maximum atomic E-state index is 12.4. The van der Waals surface area contributed by atoms with Crippen LogP contribution in [0.2, 0.25) is 0 Å². The van der Waals surface area contributed by atoms with Crippen molar-refractivity contribution in [3.8, 4) is 0 Å². The largest absolute Gasteiger partial charge is 0.310 e. The Morgan fingerprint density at radius 2 is 2.00 bits per heavy atom. The molecule has 0 amide bonds. The molecule has 0 atom stereocenters. The summed E-state index contributed by atoms with van der Waals surface area (Å²) in [6.45, 7) is 11.2. The van der Waals surface area contributed by atoms with Crippen molar-refractivity contribution in [1.29, 1.82) is 0 Å². The van der Waals surface area contributed by atoms with E-state index in [0.717, 1.165) is 17.7 Å². The summed E-state index contributed by atoms with van der Waals surface area (Å²) in [6.07, 6.45) is 1.62. The van der Waals surface area contributed by atoms with Gasteiger partial charge in [-0.2, -0.15) is 4.31 Å². The van der Waals surface area contributed by atoms with Crippen molar-refractivity contribution in [1.82, 2.24) is 9.62 Å². The molecule has 4 nitrogen and oxygen atoms in total. The molecule has 0 fully saturated rings. The van der Waals surface area contributed by atoms with Gasteiger partial charge in [-0.25, -0.2) is 8.42 Å². The summed E-state index contributed by atoms with van der Waals surface area (Å²) >= 11 is 0. The molecule has 21 heavy (non-hydrogen) atoms. The third kappa shape index (κ3) is 5.99.